The number of hydrogen-bond acceptors (Lipinski definition) is 7. The molecule has 8 nitrogen and oxygen atoms in total. The molecule has 2 heterocycles. The van der Waals surface area contributed by atoms with Gasteiger partial charge in [-0.1, -0.05) is 23.5 Å². The predicted molar refractivity (Wildman–Crippen MR) is 121 cm³/mol. The molecule has 4 aromatic rings. The fraction of sp³-hybridized carbons (Fsp3) is 0.100. The number of aromatic nitrogens is 1. The van der Waals surface area contributed by atoms with Crippen LogP contribution in [0.2, 0.25) is 0 Å². The summed E-state index contributed by atoms with van der Waals surface area (Å²) in [4.78, 5) is 16.7. The number of nitrogens with zero attached hydrogens (tertiary/aromatic N) is 1. The average Bonchev–Trinajstić information content (AvgIpc) is 3.19. The van der Waals surface area contributed by atoms with Gasteiger partial charge in [0.25, 0.3) is 15.4 Å². The smallest absolute Gasteiger partial charge is 0.340 e. The number of anilines is 1. The maximum Gasteiger partial charge on any atom is 0.340 e. The molecule has 0 aliphatic heterocycles. The van der Waals surface area contributed by atoms with Gasteiger partial charge in [0.1, 0.15) is 11.3 Å². The maximum absolute atomic E-state index is 14.8. The molecule has 0 aliphatic rings. The van der Waals surface area contributed by atoms with Gasteiger partial charge in [-0.3, -0.25) is 4.72 Å². The van der Waals surface area contributed by atoms with E-state index in [2.05, 4.69) is 4.98 Å². The van der Waals surface area contributed by atoms with Crippen LogP contribution in [0.5, 0.6) is 10.9 Å². The van der Waals surface area contributed by atoms with E-state index < -0.39 is 21.7 Å². The first-order valence-electron chi connectivity index (χ1n) is 8.93. The Morgan fingerprint density at radius 2 is 2.06 bits per heavy atom. The van der Waals surface area contributed by atoms with Crippen molar-refractivity contribution in [2.75, 3.05) is 4.72 Å². The second kappa shape index (κ2) is 9.69. The number of thiazole rings is 1. The van der Waals surface area contributed by atoms with Crippen molar-refractivity contribution in [3.8, 4) is 10.9 Å². The Kier molecular flexibility index (Phi) is 7.38. The van der Waals surface area contributed by atoms with Gasteiger partial charge >= 0.3 is 5.63 Å². The van der Waals surface area contributed by atoms with Crippen molar-refractivity contribution < 1.29 is 22.0 Å². The molecule has 0 amide bonds. The maximum atomic E-state index is 14.8. The van der Waals surface area contributed by atoms with Crippen molar-refractivity contribution in [3.63, 3.8) is 0 Å². The fourth-order valence-electron chi connectivity index (χ4n) is 3.14. The number of ether oxygens (including phenoxy) is 1. The van der Waals surface area contributed by atoms with Crippen LogP contribution in [-0.2, 0) is 16.6 Å². The van der Waals surface area contributed by atoms with E-state index in [9.17, 15) is 17.6 Å². The summed E-state index contributed by atoms with van der Waals surface area (Å²) >= 11 is 1.33. The summed E-state index contributed by atoms with van der Waals surface area (Å²) in [5.74, 6) is -0.354. The minimum absolute atomic E-state index is 0. The summed E-state index contributed by atoms with van der Waals surface area (Å²) in [6.07, 6.45) is 1.53. The molecule has 0 saturated heterocycles. The molecular weight excluding hydrogens is 468 g/mol. The van der Waals surface area contributed by atoms with Crippen molar-refractivity contribution in [2.24, 2.45) is 5.14 Å². The molecule has 2 aromatic carbocycles. The van der Waals surface area contributed by atoms with Crippen LogP contribution in [0.25, 0.3) is 11.0 Å². The Hall–Kier alpha value is -2.28. The molecule has 1 radical (unpaired) electrons. The van der Waals surface area contributed by atoms with Gasteiger partial charge in [-0.15, -0.1) is 0 Å². The van der Waals surface area contributed by atoms with Gasteiger partial charge in [0.05, 0.1) is 5.69 Å². The Labute approximate surface area is 208 Å². The minimum Gasteiger partial charge on any atom is -0.431 e. The summed E-state index contributed by atoms with van der Waals surface area (Å²) in [5, 5.41) is 7.82. The molecule has 3 N–H and O–H groups in total. The third-order valence-corrected chi connectivity index (χ3v) is 5.72. The Bertz CT molecular complexity index is 1440. The second-order valence-corrected chi connectivity index (χ2v) is 8.80. The van der Waals surface area contributed by atoms with E-state index >= 15 is 0 Å². The zero-order chi connectivity index (χ0) is 22.2. The zero-order valence-electron chi connectivity index (χ0n) is 17.1. The Balaban J connectivity index is 0.00000289. The van der Waals surface area contributed by atoms with Crippen molar-refractivity contribution in [3.05, 3.63) is 80.9 Å². The van der Waals surface area contributed by atoms with Crippen LogP contribution in [-0.4, -0.2) is 43.0 Å². The SMILES string of the molecule is Cc1c(Cc2cccc(NS(N)(=O)=O)c2F)c(=O)oc2cc(Oc3nccs3)ccc12.[Na]. The van der Waals surface area contributed by atoms with Crippen LogP contribution < -0.4 is 20.2 Å². The van der Waals surface area contributed by atoms with Crippen LogP contribution >= 0.6 is 11.3 Å². The minimum atomic E-state index is -4.14. The monoisotopic (exact) mass is 484 g/mol. The van der Waals surface area contributed by atoms with Crippen molar-refractivity contribution in [1.29, 1.82) is 0 Å². The van der Waals surface area contributed by atoms with Gasteiger partial charge in [-0.25, -0.2) is 19.3 Å². The number of hydrogen-bond donors (Lipinski definition) is 2. The Morgan fingerprint density at radius 1 is 1.28 bits per heavy atom. The number of halogens is 1. The summed E-state index contributed by atoms with van der Waals surface area (Å²) in [5.41, 5.74) is 0.397. The first-order chi connectivity index (χ1) is 14.7. The first kappa shape index (κ1) is 24.4. The van der Waals surface area contributed by atoms with E-state index in [0.29, 0.717) is 27.5 Å². The summed E-state index contributed by atoms with van der Waals surface area (Å²) < 4.78 is 50.2. The van der Waals surface area contributed by atoms with Gasteiger partial charge in [0, 0.05) is 64.6 Å². The van der Waals surface area contributed by atoms with E-state index in [0.717, 1.165) is 0 Å². The topological polar surface area (TPSA) is 125 Å². The first-order valence-corrected chi connectivity index (χ1v) is 11.4. The number of fused-ring (bicyclic) bond motifs is 1. The largest absolute Gasteiger partial charge is 0.431 e. The van der Waals surface area contributed by atoms with E-state index in [-0.39, 0.29) is 52.8 Å². The Morgan fingerprint density at radius 3 is 2.75 bits per heavy atom. The summed E-state index contributed by atoms with van der Waals surface area (Å²) in [6.45, 7) is 1.74. The van der Waals surface area contributed by atoms with E-state index in [1.54, 1.807) is 36.7 Å². The van der Waals surface area contributed by atoms with Crippen molar-refractivity contribution in [2.45, 2.75) is 13.3 Å². The van der Waals surface area contributed by atoms with Gasteiger partial charge in [-0.2, -0.15) is 8.42 Å². The summed E-state index contributed by atoms with van der Waals surface area (Å²) in [7, 11) is -4.14. The zero-order valence-corrected chi connectivity index (χ0v) is 20.7. The molecule has 161 valence electrons. The molecule has 0 atom stereocenters. The average molecular weight is 484 g/mol. The molecule has 0 spiro atoms. The molecule has 0 fully saturated rings. The second-order valence-electron chi connectivity index (χ2n) is 6.65. The van der Waals surface area contributed by atoms with Crippen molar-refractivity contribution in [1.82, 2.24) is 4.98 Å². The molecule has 0 aliphatic carbocycles. The van der Waals surface area contributed by atoms with Gasteiger partial charge in [-0.05, 0) is 36.2 Å². The van der Waals surface area contributed by atoms with Gasteiger partial charge < -0.3 is 9.15 Å². The van der Waals surface area contributed by atoms with E-state index in [4.69, 9.17) is 14.3 Å². The van der Waals surface area contributed by atoms with Crippen LogP contribution in [0.4, 0.5) is 10.1 Å². The molecule has 0 saturated carbocycles. The third kappa shape index (κ3) is 5.37. The van der Waals surface area contributed by atoms with Gasteiger partial charge in [0.2, 0.25) is 0 Å². The van der Waals surface area contributed by atoms with E-state index in [1.165, 1.54) is 29.5 Å². The van der Waals surface area contributed by atoms with Gasteiger partial charge in [0.15, 0.2) is 5.82 Å². The molecule has 4 rings (SSSR count). The predicted octanol–water partition coefficient (Wildman–Crippen LogP) is 3.31. The number of nitrogens with two attached hydrogens (primary N) is 1. The summed E-state index contributed by atoms with van der Waals surface area (Å²) in [6, 6.07) is 9.21. The number of nitrogens with one attached hydrogen (secondary N) is 1. The fourth-order valence-corrected chi connectivity index (χ4v) is 4.11. The van der Waals surface area contributed by atoms with Crippen LogP contribution in [0.3, 0.4) is 0 Å². The third-order valence-electron chi connectivity index (χ3n) is 4.57. The normalized spacial score (nSPS) is 11.2. The van der Waals surface area contributed by atoms with Crippen LogP contribution in [0, 0.1) is 12.7 Å². The molecule has 32 heavy (non-hydrogen) atoms. The molecule has 2 aromatic heterocycles. The van der Waals surface area contributed by atoms with E-state index in [1.807, 2.05) is 4.72 Å². The number of benzene rings is 2. The standard InChI is InChI=1S/C20H16FN3O5S2.Na/c1-11-14-6-5-13(28-20-23-7-8-30-20)10-17(14)29-19(25)15(11)9-12-3-2-4-16(18(12)21)24-31(22,26)27;/h2-8,10,24H,9H2,1H3,(H2,22,26,27);. The van der Waals surface area contributed by atoms with Crippen LogP contribution in [0.15, 0.2) is 57.2 Å². The number of rotatable bonds is 6. The molecule has 12 heteroatoms. The molecule has 0 unspecified atom stereocenters. The van der Waals surface area contributed by atoms with Crippen molar-refractivity contribution >= 4 is 67.8 Å². The quantitative estimate of drug-likeness (QED) is 0.320. The number of aryl methyl sites for hydroxylation is 1. The molecule has 0 bridgehead atoms. The molecular formula is C20H16FN3NaO5S2. The van der Waals surface area contributed by atoms with Crippen LogP contribution in [0.1, 0.15) is 16.7 Å².